The Balaban J connectivity index is 1.89. The van der Waals surface area contributed by atoms with Gasteiger partial charge in [0, 0.05) is 29.3 Å². The summed E-state index contributed by atoms with van der Waals surface area (Å²) in [5.41, 5.74) is 2.16. The Morgan fingerprint density at radius 1 is 1.15 bits per heavy atom. The third kappa shape index (κ3) is 2.35. The van der Waals surface area contributed by atoms with Gasteiger partial charge in [-0.3, -0.25) is 0 Å². The maximum absolute atomic E-state index is 6.40. The molecule has 1 aromatic rings. The zero-order valence-electron chi connectivity index (χ0n) is 12.9. The lowest BCUT2D eigenvalue weighted by Gasteiger charge is -2.35. The molecule has 2 unspecified atom stereocenters. The first-order valence-electron chi connectivity index (χ1n) is 7.73. The number of halogens is 1. The number of hydrogen-bond acceptors (Lipinski definition) is 3. The molecule has 110 valence electrons. The van der Waals surface area contributed by atoms with E-state index in [9.17, 15) is 0 Å². The third-order valence-electron chi connectivity index (χ3n) is 5.15. The Morgan fingerprint density at radius 2 is 1.75 bits per heavy atom. The summed E-state index contributed by atoms with van der Waals surface area (Å²) in [5.74, 6) is 1.84. The molecule has 20 heavy (non-hydrogen) atoms. The van der Waals surface area contributed by atoms with Gasteiger partial charge in [-0.15, -0.1) is 0 Å². The number of hydrogen-bond donors (Lipinski definition) is 0. The van der Waals surface area contributed by atoms with E-state index in [1.807, 2.05) is 0 Å². The predicted octanol–water partition coefficient (Wildman–Crippen LogP) is 3.90. The molecule has 0 N–H and O–H groups in total. The summed E-state index contributed by atoms with van der Waals surface area (Å²) in [5, 5.41) is 0.661. The molecule has 3 rings (SSSR count). The fraction of sp³-hybridized carbons (Fsp3) is 0.750. The van der Waals surface area contributed by atoms with Crippen molar-refractivity contribution < 1.29 is 0 Å². The molecule has 0 saturated carbocycles. The van der Waals surface area contributed by atoms with Crippen molar-refractivity contribution in [3.05, 3.63) is 22.2 Å². The van der Waals surface area contributed by atoms with Crippen molar-refractivity contribution in [1.29, 1.82) is 0 Å². The molecule has 0 radical (unpaired) electrons. The number of aryl methyl sites for hydroxylation is 1. The lowest BCUT2D eigenvalue weighted by molar-refractivity contribution is 0.159. The minimum Gasteiger partial charge on any atom is -0.300 e. The highest BCUT2D eigenvalue weighted by atomic mass is 35.5. The van der Waals surface area contributed by atoms with Crippen molar-refractivity contribution in [2.24, 2.45) is 0 Å². The highest BCUT2D eigenvalue weighted by molar-refractivity contribution is 6.30. The second kappa shape index (κ2) is 5.27. The van der Waals surface area contributed by atoms with Crippen molar-refractivity contribution in [2.45, 2.75) is 70.4 Å². The van der Waals surface area contributed by atoms with Gasteiger partial charge in [0.1, 0.15) is 11.0 Å². The summed E-state index contributed by atoms with van der Waals surface area (Å²) in [7, 11) is 2.26. The van der Waals surface area contributed by atoms with Crippen molar-refractivity contribution >= 4 is 11.6 Å². The van der Waals surface area contributed by atoms with Crippen LogP contribution >= 0.6 is 11.6 Å². The number of aromatic nitrogens is 2. The average Bonchev–Trinajstić information content (AvgIpc) is 2.61. The van der Waals surface area contributed by atoms with Crippen LogP contribution in [0.15, 0.2) is 0 Å². The third-order valence-corrected chi connectivity index (χ3v) is 5.44. The highest BCUT2D eigenvalue weighted by Crippen LogP contribution is 2.41. The first-order valence-corrected chi connectivity index (χ1v) is 8.11. The lowest BCUT2D eigenvalue weighted by Crippen LogP contribution is -2.39. The van der Waals surface area contributed by atoms with Gasteiger partial charge in [-0.25, -0.2) is 9.97 Å². The minimum atomic E-state index is 0.380. The summed E-state index contributed by atoms with van der Waals surface area (Å²) < 4.78 is 0. The van der Waals surface area contributed by atoms with Crippen molar-refractivity contribution in [1.82, 2.24) is 14.9 Å². The molecule has 2 aliphatic rings. The quantitative estimate of drug-likeness (QED) is 0.774. The summed E-state index contributed by atoms with van der Waals surface area (Å²) in [6.45, 7) is 6.36. The second-order valence-electron chi connectivity index (χ2n) is 6.75. The molecule has 4 heteroatoms. The number of fused-ring (bicyclic) bond motifs is 2. The van der Waals surface area contributed by atoms with Gasteiger partial charge in [0.25, 0.3) is 0 Å². The Bertz CT molecular complexity index is 477. The maximum atomic E-state index is 6.40. The van der Waals surface area contributed by atoms with Gasteiger partial charge < -0.3 is 4.90 Å². The predicted molar refractivity (Wildman–Crippen MR) is 82.4 cm³/mol. The normalized spacial score (nSPS) is 30.2. The average molecular weight is 294 g/mol. The summed E-state index contributed by atoms with van der Waals surface area (Å²) in [6, 6.07) is 1.43. The zero-order chi connectivity index (χ0) is 14.4. The number of nitrogens with zero attached hydrogens (tertiary/aromatic N) is 3. The van der Waals surface area contributed by atoms with E-state index in [0.717, 1.165) is 17.1 Å². The van der Waals surface area contributed by atoms with E-state index in [0.29, 0.717) is 29.1 Å². The number of rotatable bonds is 2. The summed E-state index contributed by atoms with van der Waals surface area (Å²) in [6.07, 6.45) is 5.02. The Hall–Kier alpha value is -0.670. The van der Waals surface area contributed by atoms with E-state index < -0.39 is 0 Å². The zero-order valence-corrected chi connectivity index (χ0v) is 13.6. The van der Waals surface area contributed by atoms with Crippen molar-refractivity contribution in [2.75, 3.05) is 7.05 Å². The maximum Gasteiger partial charge on any atom is 0.136 e. The van der Waals surface area contributed by atoms with Crippen LogP contribution in [-0.4, -0.2) is 34.0 Å². The fourth-order valence-electron chi connectivity index (χ4n) is 4.03. The van der Waals surface area contributed by atoms with Crippen LogP contribution in [-0.2, 0) is 0 Å². The van der Waals surface area contributed by atoms with Crippen LogP contribution in [0.5, 0.6) is 0 Å². The van der Waals surface area contributed by atoms with Gasteiger partial charge >= 0.3 is 0 Å². The summed E-state index contributed by atoms with van der Waals surface area (Å²) in [4.78, 5) is 12.0. The molecular formula is C16H24ClN3. The molecule has 2 aliphatic heterocycles. The van der Waals surface area contributed by atoms with Gasteiger partial charge in [-0.2, -0.15) is 0 Å². The van der Waals surface area contributed by atoms with Crippen LogP contribution in [0.3, 0.4) is 0 Å². The van der Waals surface area contributed by atoms with Crippen LogP contribution < -0.4 is 0 Å². The fourth-order valence-corrected chi connectivity index (χ4v) is 4.47. The molecule has 0 spiro atoms. The molecule has 3 heterocycles. The second-order valence-corrected chi connectivity index (χ2v) is 7.10. The highest BCUT2D eigenvalue weighted by Gasteiger charge is 2.40. The van der Waals surface area contributed by atoms with Crippen LogP contribution in [0.1, 0.15) is 68.4 Å². The SMILES string of the molecule is Cc1nc(C2CC3CCC(C2)N3C)nc(Cl)c1C(C)C. The molecule has 2 saturated heterocycles. The first kappa shape index (κ1) is 14.3. The van der Waals surface area contributed by atoms with Gasteiger partial charge in [0.05, 0.1) is 0 Å². The van der Waals surface area contributed by atoms with E-state index in [1.54, 1.807) is 0 Å². The first-order chi connectivity index (χ1) is 9.47. The lowest BCUT2D eigenvalue weighted by atomic mass is 9.90. The van der Waals surface area contributed by atoms with Gasteiger partial charge in [-0.05, 0) is 45.6 Å². The van der Waals surface area contributed by atoms with Crippen LogP contribution in [0, 0.1) is 6.92 Å². The van der Waals surface area contributed by atoms with E-state index in [4.69, 9.17) is 16.6 Å². The van der Waals surface area contributed by atoms with Gasteiger partial charge in [-0.1, -0.05) is 25.4 Å². The van der Waals surface area contributed by atoms with E-state index >= 15 is 0 Å². The topological polar surface area (TPSA) is 29.0 Å². The van der Waals surface area contributed by atoms with Crippen molar-refractivity contribution in [3.63, 3.8) is 0 Å². The number of piperidine rings is 1. The van der Waals surface area contributed by atoms with E-state index in [2.05, 4.69) is 37.7 Å². The van der Waals surface area contributed by atoms with Crippen LogP contribution in [0.25, 0.3) is 0 Å². The molecular weight excluding hydrogens is 270 g/mol. The molecule has 2 atom stereocenters. The largest absolute Gasteiger partial charge is 0.300 e. The molecule has 1 aromatic heterocycles. The van der Waals surface area contributed by atoms with Crippen molar-refractivity contribution in [3.8, 4) is 0 Å². The molecule has 0 aromatic carbocycles. The summed E-state index contributed by atoms with van der Waals surface area (Å²) >= 11 is 6.40. The Kier molecular flexibility index (Phi) is 3.76. The standard InChI is InChI=1S/C16H24ClN3/c1-9(2)14-10(3)18-16(19-15(14)17)11-7-12-5-6-13(8-11)20(12)4/h9,11-13H,5-8H2,1-4H3. The van der Waals surface area contributed by atoms with Crippen LogP contribution in [0.2, 0.25) is 5.15 Å². The van der Waals surface area contributed by atoms with Gasteiger partial charge in [0.15, 0.2) is 0 Å². The molecule has 0 amide bonds. The molecule has 0 aliphatic carbocycles. The molecule has 2 bridgehead atoms. The molecule has 3 nitrogen and oxygen atoms in total. The smallest absolute Gasteiger partial charge is 0.136 e. The minimum absolute atomic E-state index is 0.380. The molecule has 2 fully saturated rings. The Labute approximate surface area is 126 Å². The van der Waals surface area contributed by atoms with Gasteiger partial charge in [0.2, 0.25) is 0 Å². The van der Waals surface area contributed by atoms with Crippen LogP contribution in [0.4, 0.5) is 0 Å². The van der Waals surface area contributed by atoms with E-state index in [1.165, 1.54) is 25.7 Å². The van der Waals surface area contributed by atoms with E-state index in [-0.39, 0.29) is 0 Å². The monoisotopic (exact) mass is 293 g/mol. The Morgan fingerprint density at radius 3 is 2.25 bits per heavy atom.